The van der Waals surface area contributed by atoms with Crippen LogP contribution in [0.15, 0.2) is 12.2 Å². The molecule has 36 heavy (non-hydrogen) atoms. The topological polar surface area (TPSA) is 111 Å². The number of nitrogens with one attached hydrogen (secondary N) is 1. The summed E-state index contributed by atoms with van der Waals surface area (Å²) >= 11 is 0. The molecule has 2 N–H and O–H groups in total. The second kappa shape index (κ2) is 8.91. The summed E-state index contributed by atoms with van der Waals surface area (Å²) in [7, 11) is 1.60. The molecule has 5 fully saturated rings. The minimum atomic E-state index is -1.26. The summed E-state index contributed by atoms with van der Waals surface area (Å²) in [5, 5.41) is 15.0. The first-order valence-electron chi connectivity index (χ1n) is 13.5. The average molecular weight is 504 g/mol. The van der Waals surface area contributed by atoms with Crippen LogP contribution in [0, 0.1) is 34.0 Å². The van der Waals surface area contributed by atoms with E-state index in [2.05, 4.69) is 25.7 Å². The van der Waals surface area contributed by atoms with E-state index in [-0.39, 0.29) is 35.7 Å². The summed E-state index contributed by atoms with van der Waals surface area (Å²) in [6, 6.07) is -0.393. The quantitative estimate of drug-likeness (QED) is 0.435. The minimum absolute atomic E-state index is 0.0550. The number of methoxy groups -OCH3 is 1. The summed E-state index contributed by atoms with van der Waals surface area (Å²) in [5.74, 6) is -1.87. The van der Waals surface area contributed by atoms with Crippen LogP contribution in [0.4, 0.5) is 0 Å². The van der Waals surface area contributed by atoms with Gasteiger partial charge in [0.25, 0.3) is 0 Å². The van der Waals surface area contributed by atoms with E-state index in [4.69, 9.17) is 14.2 Å². The van der Waals surface area contributed by atoms with E-state index in [0.717, 1.165) is 32.2 Å². The van der Waals surface area contributed by atoms with Gasteiger partial charge in [0, 0.05) is 31.3 Å². The lowest BCUT2D eigenvalue weighted by molar-refractivity contribution is -0.272. The number of hydrogen-bond acceptors (Lipinski definition) is 8. The van der Waals surface area contributed by atoms with Crippen LogP contribution in [0.5, 0.6) is 0 Å². The van der Waals surface area contributed by atoms with Crippen molar-refractivity contribution >= 4 is 17.7 Å². The predicted molar refractivity (Wildman–Crippen MR) is 131 cm³/mol. The first kappa shape index (κ1) is 25.9. The van der Waals surface area contributed by atoms with Gasteiger partial charge in [-0.3, -0.25) is 14.4 Å². The van der Waals surface area contributed by atoms with Crippen LogP contribution in [0.3, 0.4) is 0 Å². The third-order valence-electron chi connectivity index (χ3n) is 10.5. The van der Waals surface area contributed by atoms with Crippen LogP contribution < -0.4 is 5.32 Å². The van der Waals surface area contributed by atoms with E-state index in [0.29, 0.717) is 24.8 Å². The fraction of sp³-hybridized carbons (Fsp3) is 0.821. The van der Waals surface area contributed by atoms with Gasteiger partial charge in [0.15, 0.2) is 5.78 Å². The fourth-order valence-electron chi connectivity index (χ4n) is 9.18. The molecule has 0 aromatic heterocycles. The molecule has 1 aliphatic heterocycles. The summed E-state index contributed by atoms with van der Waals surface area (Å²) < 4.78 is 18.1. The summed E-state index contributed by atoms with van der Waals surface area (Å²) in [6.45, 7) is 10.9. The Balaban J connectivity index is 1.66. The number of aliphatic hydroxyl groups is 1. The van der Waals surface area contributed by atoms with Gasteiger partial charge in [-0.15, -0.1) is 0 Å². The summed E-state index contributed by atoms with van der Waals surface area (Å²) in [4.78, 5) is 39.6. The molecule has 0 amide bonds. The van der Waals surface area contributed by atoms with Gasteiger partial charge in [-0.2, -0.15) is 0 Å². The van der Waals surface area contributed by atoms with Crippen LogP contribution in [0.2, 0.25) is 0 Å². The van der Waals surface area contributed by atoms with Crippen molar-refractivity contribution < 1.29 is 33.7 Å². The highest BCUT2D eigenvalue weighted by molar-refractivity contribution is 6.05. The Morgan fingerprint density at radius 1 is 1.19 bits per heavy atom. The molecule has 9 atom stereocenters. The van der Waals surface area contributed by atoms with Crippen molar-refractivity contribution in [2.75, 3.05) is 20.3 Å². The summed E-state index contributed by atoms with van der Waals surface area (Å²) in [5.41, 5.74) is -1.59. The van der Waals surface area contributed by atoms with E-state index < -0.39 is 47.0 Å². The molecule has 8 heteroatoms. The SMILES string of the molecule is C=C1C(=O)[C@]23[C@H](OC(=O)[C@@H]4CCCN4)[C@H]1C[C@H](O)[C@H]2[C@]1(COC(C)=O)CCCC(C)(C)[C@H]1C[C@H]3OC. The minimum Gasteiger partial charge on any atom is -0.465 e. The Morgan fingerprint density at radius 2 is 1.94 bits per heavy atom. The molecule has 2 bridgehead atoms. The number of aliphatic hydroxyl groups excluding tert-OH is 1. The monoisotopic (exact) mass is 503 g/mol. The van der Waals surface area contributed by atoms with Crippen molar-refractivity contribution in [3.63, 3.8) is 0 Å². The molecule has 8 nitrogen and oxygen atoms in total. The molecule has 4 aliphatic carbocycles. The largest absolute Gasteiger partial charge is 0.465 e. The molecule has 1 saturated heterocycles. The van der Waals surface area contributed by atoms with Crippen molar-refractivity contribution in [1.82, 2.24) is 5.32 Å². The summed E-state index contributed by atoms with van der Waals surface area (Å²) in [6.07, 6.45) is 2.94. The van der Waals surface area contributed by atoms with E-state index in [1.54, 1.807) is 7.11 Å². The first-order valence-corrected chi connectivity index (χ1v) is 13.5. The van der Waals surface area contributed by atoms with Crippen LogP contribution in [-0.2, 0) is 28.6 Å². The van der Waals surface area contributed by atoms with Crippen molar-refractivity contribution in [1.29, 1.82) is 0 Å². The van der Waals surface area contributed by atoms with E-state index >= 15 is 0 Å². The van der Waals surface area contributed by atoms with Gasteiger partial charge in [-0.05, 0) is 62.0 Å². The van der Waals surface area contributed by atoms with Gasteiger partial charge >= 0.3 is 11.9 Å². The second-order valence-corrected chi connectivity index (χ2v) is 12.5. The first-order chi connectivity index (χ1) is 17.0. The third-order valence-corrected chi connectivity index (χ3v) is 10.5. The number of hydrogen-bond donors (Lipinski definition) is 2. The number of fused-ring (bicyclic) bond motifs is 3. The lowest BCUT2D eigenvalue weighted by Gasteiger charge is -2.67. The average Bonchev–Trinajstić information content (AvgIpc) is 3.40. The maximum atomic E-state index is 14.3. The van der Waals surface area contributed by atoms with Crippen molar-refractivity contribution in [3.8, 4) is 0 Å². The lowest BCUT2D eigenvalue weighted by Crippen LogP contribution is -2.72. The molecule has 0 aromatic rings. The maximum absolute atomic E-state index is 14.3. The molecule has 4 saturated carbocycles. The highest BCUT2D eigenvalue weighted by Crippen LogP contribution is 2.72. The number of carbonyl (C=O) groups excluding carboxylic acids is 3. The number of esters is 2. The smallest absolute Gasteiger partial charge is 0.323 e. The zero-order valence-electron chi connectivity index (χ0n) is 22.0. The van der Waals surface area contributed by atoms with Gasteiger partial charge in [-0.25, -0.2) is 0 Å². The Kier molecular flexibility index (Phi) is 6.40. The zero-order chi connectivity index (χ0) is 26.0. The van der Waals surface area contributed by atoms with Crippen LogP contribution in [0.25, 0.3) is 0 Å². The van der Waals surface area contributed by atoms with Gasteiger partial charge in [0.1, 0.15) is 17.6 Å². The number of rotatable bonds is 5. The molecule has 0 radical (unpaired) electrons. The maximum Gasteiger partial charge on any atom is 0.323 e. The van der Waals surface area contributed by atoms with E-state index in [9.17, 15) is 19.5 Å². The molecule has 1 spiro atoms. The highest BCUT2D eigenvalue weighted by atomic mass is 16.6. The zero-order valence-corrected chi connectivity index (χ0v) is 22.0. The lowest BCUT2D eigenvalue weighted by atomic mass is 9.39. The third kappa shape index (κ3) is 3.47. The Labute approximate surface area is 213 Å². The highest BCUT2D eigenvalue weighted by Gasteiger charge is 2.78. The van der Waals surface area contributed by atoms with Crippen LogP contribution in [-0.4, -0.2) is 67.4 Å². The molecule has 1 heterocycles. The molecule has 200 valence electrons. The van der Waals surface area contributed by atoms with Crippen LogP contribution >= 0.6 is 0 Å². The Hall–Kier alpha value is -1.77. The predicted octanol–water partition coefficient (Wildman–Crippen LogP) is 2.57. The van der Waals surface area contributed by atoms with Gasteiger partial charge in [-0.1, -0.05) is 26.8 Å². The molecule has 5 aliphatic rings. The number of ether oxygens (including phenoxy) is 3. The molecule has 0 aromatic carbocycles. The van der Waals surface area contributed by atoms with Crippen molar-refractivity contribution in [2.24, 2.45) is 34.0 Å². The molecular formula is C28H41NO7. The van der Waals surface area contributed by atoms with Crippen molar-refractivity contribution in [3.05, 3.63) is 12.2 Å². The van der Waals surface area contributed by atoms with Crippen LogP contribution in [0.1, 0.15) is 65.7 Å². The number of Topliss-reactive ketones (excluding diaryl/α,β-unsaturated/α-hetero) is 1. The standard InChI is InChI=1S/C28H41NO7/c1-15-17-12-19(31)22-27(14-35-16(2)30)10-7-9-26(3,4)20(27)13-21(34-5)28(22,23(15)32)24(17)36-25(33)18-8-6-11-29-18/h17-22,24,29,31H,1,6-14H2,2-5H3/t17-,18-,19-,20+,21+,22-,24+,27-,28+/m0/s1. The number of carbonyl (C=O) groups is 3. The van der Waals surface area contributed by atoms with Crippen molar-refractivity contribution in [2.45, 2.75) is 90.1 Å². The molecule has 5 rings (SSSR count). The normalized spacial score (nSPS) is 45.1. The van der Waals surface area contributed by atoms with E-state index in [1.807, 2.05) is 0 Å². The van der Waals surface area contributed by atoms with Gasteiger partial charge in [0.2, 0.25) is 0 Å². The second-order valence-electron chi connectivity index (χ2n) is 12.5. The Bertz CT molecular complexity index is 956. The fourth-order valence-corrected chi connectivity index (χ4v) is 9.18. The van der Waals surface area contributed by atoms with E-state index in [1.165, 1.54) is 6.92 Å². The Morgan fingerprint density at radius 3 is 2.58 bits per heavy atom. The molecule has 0 unspecified atom stereocenters. The van der Waals surface area contributed by atoms with Gasteiger partial charge in [0.05, 0.1) is 18.8 Å². The van der Waals surface area contributed by atoms with Gasteiger partial charge < -0.3 is 24.6 Å². The molecular weight excluding hydrogens is 462 g/mol. The number of ketones is 1.